The molecular formula is C25H33Cl2N3OS. The molecule has 0 aromatic heterocycles. The lowest BCUT2D eigenvalue weighted by Crippen LogP contribution is -2.47. The van der Waals surface area contributed by atoms with Gasteiger partial charge in [-0.2, -0.15) is 0 Å². The van der Waals surface area contributed by atoms with Gasteiger partial charge in [-0.3, -0.25) is 9.52 Å². The van der Waals surface area contributed by atoms with E-state index >= 15 is 0 Å². The van der Waals surface area contributed by atoms with E-state index in [2.05, 4.69) is 35.9 Å². The lowest BCUT2D eigenvalue weighted by molar-refractivity contribution is -0.132. The van der Waals surface area contributed by atoms with Crippen molar-refractivity contribution in [2.75, 3.05) is 25.4 Å². The van der Waals surface area contributed by atoms with Crippen molar-refractivity contribution in [3.8, 4) is 0 Å². The van der Waals surface area contributed by atoms with Crippen LogP contribution in [0.3, 0.4) is 0 Å². The zero-order chi connectivity index (χ0) is 22.9. The van der Waals surface area contributed by atoms with Gasteiger partial charge in [-0.25, -0.2) is 0 Å². The van der Waals surface area contributed by atoms with E-state index in [0.717, 1.165) is 36.7 Å². The van der Waals surface area contributed by atoms with Gasteiger partial charge < -0.3 is 10.6 Å². The predicted octanol–water partition coefficient (Wildman–Crippen LogP) is 6.46. The molecule has 1 amide bonds. The van der Waals surface area contributed by atoms with Crippen LogP contribution in [0.5, 0.6) is 0 Å². The van der Waals surface area contributed by atoms with Crippen LogP contribution in [0.15, 0.2) is 47.4 Å². The highest BCUT2D eigenvalue weighted by atomic mass is 35.5. The fourth-order valence-electron chi connectivity index (χ4n) is 4.45. The Morgan fingerprint density at radius 1 is 1.09 bits per heavy atom. The second-order valence-electron chi connectivity index (χ2n) is 8.50. The van der Waals surface area contributed by atoms with Crippen LogP contribution < -0.4 is 10.5 Å². The molecule has 32 heavy (non-hydrogen) atoms. The summed E-state index contributed by atoms with van der Waals surface area (Å²) in [6.07, 6.45) is 7.60. The molecule has 1 saturated carbocycles. The lowest BCUT2D eigenvalue weighted by atomic mass is 9.75. The maximum Gasteiger partial charge on any atom is 0.237 e. The summed E-state index contributed by atoms with van der Waals surface area (Å²) < 4.78 is 3.11. The molecule has 3 N–H and O–H groups in total. The Kier molecular flexibility index (Phi) is 10.0. The normalized spacial score (nSPS) is 20.2. The molecule has 1 saturated heterocycles. The molecule has 0 bridgehead atoms. The van der Waals surface area contributed by atoms with Crippen molar-refractivity contribution in [1.29, 1.82) is 0 Å². The molecule has 7 heteroatoms. The summed E-state index contributed by atoms with van der Waals surface area (Å²) in [6.45, 7) is 4.29. The van der Waals surface area contributed by atoms with Gasteiger partial charge in [0.2, 0.25) is 5.91 Å². The maximum atomic E-state index is 12.4. The second-order valence-corrected chi connectivity index (χ2v) is 10.3. The Hall–Kier alpha value is -1.40. The summed E-state index contributed by atoms with van der Waals surface area (Å²) in [5, 5.41) is 0.856. The van der Waals surface area contributed by atoms with Crippen molar-refractivity contribution >= 4 is 46.7 Å². The van der Waals surface area contributed by atoms with Crippen LogP contribution in [0, 0.1) is 11.8 Å². The van der Waals surface area contributed by atoms with Gasteiger partial charge >= 0.3 is 0 Å². The summed E-state index contributed by atoms with van der Waals surface area (Å²) in [6, 6.07) is 14.0. The van der Waals surface area contributed by atoms with Crippen LogP contribution in [0.25, 0.3) is 0 Å². The second kappa shape index (κ2) is 12.7. The number of hydrogen-bond acceptors (Lipinski definition) is 4. The van der Waals surface area contributed by atoms with Gasteiger partial charge in [-0.05, 0) is 60.7 Å². The number of benzene rings is 2. The third kappa shape index (κ3) is 7.31. The van der Waals surface area contributed by atoms with E-state index < -0.39 is 0 Å². The van der Waals surface area contributed by atoms with Gasteiger partial charge in [0.15, 0.2) is 0 Å². The van der Waals surface area contributed by atoms with Gasteiger partial charge in [-0.1, -0.05) is 79.7 Å². The monoisotopic (exact) mass is 493 g/mol. The van der Waals surface area contributed by atoms with E-state index in [1.54, 1.807) is 12.1 Å². The molecule has 1 aliphatic heterocycles. The van der Waals surface area contributed by atoms with Crippen LogP contribution in [-0.4, -0.2) is 30.4 Å². The van der Waals surface area contributed by atoms with Crippen molar-refractivity contribution in [2.24, 2.45) is 11.8 Å². The molecule has 2 aliphatic rings. The van der Waals surface area contributed by atoms with Crippen LogP contribution in [0.1, 0.15) is 44.6 Å². The molecule has 4 nitrogen and oxygen atoms in total. The van der Waals surface area contributed by atoms with Crippen molar-refractivity contribution < 1.29 is 4.79 Å². The number of amides is 1. The van der Waals surface area contributed by atoms with E-state index in [4.69, 9.17) is 28.9 Å². The Balaban J connectivity index is 0.000000305. The first kappa shape index (κ1) is 25.2. The van der Waals surface area contributed by atoms with Crippen molar-refractivity contribution in [3.05, 3.63) is 58.1 Å². The zero-order valence-corrected chi connectivity index (χ0v) is 21.0. The molecule has 0 radical (unpaired) electrons. The summed E-state index contributed by atoms with van der Waals surface area (Å²) in [4.78, 5) is 15.3. The molecule has 1 unspecified atom stereocenters. The number of carbonyl (C=O) groups excluding carboxylic acids is 1. The quantitative estimate of drug-likeness (QED) is 0.370. The number of aryl methyl sites for hydroxylation is 1. The number of nitrogens with two attached hydrogens (primary N) is 1. The Morgan fingerprint density at radius 2 is 1.75 bits per heavy atom. The average Bonchev–Trinajstić information content (AvgIpc) is 2.83. The number of anilines is 1. The van der Waals surface area contributed by atoms with Gasteiger partial charge in [0.25, 0.3) is 0 Å². The van der Waals surface area contributed by atoms with E-state index in [-0.39, 0.29) is 5.91 Å². The molecule has 2 fully saturated rings. The maximum absolute atomic E-state index is 12.4. The minimum Gasteiger partial charge on any atom is -0.396 e. The van der Waals surface area contributed by atoms with E-state index in [9.17, 15) is 4.79 Å². The van der Waals surface area contributed by atoms with E-state index in [0.29, 0.717) is 28.2 Å². The smallest absolute Gasteiger partial charge is 0.237 e. The summed E-state index contributed by atoms with van der Waals surface area (Å²) in [5.41, 5.74) is 7.52. The lowest BCUT2D eigenvalue weighted by Gasteiger charge is -2.41. The first-order valence-electron chi connectivity index (χ1n) is 11.4. The highest BCUT2D eigenvalue weighted by Gasteiger charge is 2.32. The molecule has 0 spiro atoms. The summed E-state index contributed by atoms with van der Waals surface area (Å²) in [7, 11) is 0. The number of fused-ring (bicyclic) bond motifs is 1. The molecule has 2 aromatic carbocycles. The topological polar surface area (TPSA) is 58.4 Å². The highest BCUT2D eigenvalue weighted by molar-refractivity contribution is 7.97. The Labute approximate surface area is 206 Å². The number of halogens is 2. The van der Waals surface area contributed by atoms with Gasteiger partial charge in [0, 0.05) is 18.0 Å². The van der Waals surface area contributed by atoms with Crippen LogP contribution in [0.2, 0.25) is 10.0 Å². The van der Waals surface area contributed by atoms with Gasteiger partial charge in [0.1, 0.15) is 0 Å². The summed E-state index contributed by atoms with van der Waals surface area (Å²) in [5.74, 6) is 1.71. The minimum absolute atomic E-state index is 0.166. The molecular weight excluding hydrogens is 461 g/mol. The third-order valence-corrected chi connectivity index (χ3v) is 7.75. The Bertz CT molecular complexity index is 858. The molecule has 1 heterocycles. The largest absolute Gasteiger partial charge is 0.396 e. The molecule has 174 valence electrons. The van der Waals surface area contributed by atoms with Crippen molar-refractivity contribution in [3.63, 3.8) is 0 Å². The SMILES string of the molecule is CCc1ccccc1.Nc1c(Cl)cc(SNCC(=O)N2CCC3CCCC[C@H]3C2)cc1Cl. The fourth-order valence-corrected chi connectivity index (χ4v) is 5.79. The molecule has 1 aliphatic carbocycles. The number of piperidine rings is 1. The number of rotatable bonds is 5. The minimum atomic E-state index is 0.166. The molecule has 2 atom stereocenters. The first-order valence-corrected chi connectivity index (χ1v) is 13.0. The van der Waals surface area contributed by atoms with Crippen LogP contribution >= 0.6 is 35.1 Å². The number of carbonyl (C=O) groups is 1. The molecule has 2 aromatic rings. The summed E-state index contributed by atoms with van der Waals surface area (Å²) >= 11 is 13.4. The fraction of sp³-hybridized carbons (Fsp3) is 0.480. The average molecular weight is 495 g/mol. The third-order valence-electron chi connectivity index (χ3n) is 6.36. The first-order chi connectivity index (χ1) is 15.5. The number of nitrogens with zero attached hydrogens (tertiary/aromatic N) is 1. The number of hydrogen-bond donors (Lipinski definition) is 2. The zero-order valence-electron chi connectivity index (χ0n) is 18.7. The molecule has 4 rings (SSSR count). The predicted molar refractivity (Wildman–Crippen MR) is 137 cm³/mol. The Morgan fingerprint density at radius 3 is 2.38 bits per heavy atom. The number of nitrogens with one attached hydrogen (secondary N) is 1. The highest BCUT2D eigenvalue weighted by Crippen LogP contribution is 2.36. The van der Waals surface area contributed by atoms with E-state index in [1.165, 1.54) is 43.2 Å². The van der Waals surface area contributed by atoms with Crippen molar-refractivity contribution in [2.45, 2.75) is 50.3 Å². The van der Waals surface area contributed by atoms with Gasteiger partial charge in [-0.15, -0.1) is 0 Å². The number of nitrogen functional groups attached to an aromatic ring is 1. The van der Waals surface area contributed by atoms with Crippen molar-refractivity contribution in [1.82, 2.24) is 9.62 Å². The van der Waals surface area contributed by atoms with Gasteiger partial charge in [0.05, 0.1) is 22.3 Å². The number of likely N-dealkylation sites (tertiary alicyclic amines) is 1. The van der Waals surface area contributed by atoms with Crippen LogP contribution in [-0.2, 0) is 11.2 Å². The van der Waals surface area contributed by atoms with E-state index in [1.807, 2.05) is 11.0 Å². The standard InChI is InChI=1S/C17H23Cl2N3OS.C8H10/c18-14-7-13(8-15(19)17(14)20)24-21-9-16(23)22-6-5-11-3-1-2-4-12(11)10-22;1-2-8-6-4-3-5-7-8/h7-8,11-12,21H,1-6,9-10,20H2;3-7H,2H2,1H3/t11?,12-;/m0./s1. The van der Waals surface area contributed by atoms with Crippen LogP contribution in [0.4, 0.5) is 5.69 Å².